The molecule has 21 heavy (non-hydrogen) atoms. The molecule has 0 aliphatic heterocycles. The molecule has 1 amide bonds. The standard InChI is InChI=1S/C16H24N2O3/c1-11(2)12(3)17-15(19)10-21-16(20)13-7-6-8-14(9-13)18(4)5/h6-9,11-12H,10H2,1-5H3,(H,17,19)/t12-/m1/s1. The second-order valence-electron chi connectivity index (χ2n) is 5.62. The van der Waals surface area contributed by atoms with E-state index < -0.39 is 5.97 Å². The van der Waals surface area contributed by atoms with Crippen LogP contribution >= 0.6 is 0 Å². The van der Waals surface area contributed by atoms with E-state index >= 15 is 0 Å². The van der Waals surface area contributed by atoms with Crippen molar-refractivity contribution in [1.29, 1.82) is 0 Å². The fourth-order valence-corrected chi connectivity index (χ4v) is 1.59. The molecule has 0 aliphatic carbocycles. The summed E-state index contributed by atoms with van der Waals surface area (Å²) in [5, 5.41) is 2.79. The van der Waals surface area contributed by atoms with Gasteiger partial charge in [0.05, 0.1) is 5.56 Å². The SMILES string of the molecule is CC(C)[C@@H](C)NC(=O)COC(=O)c1cccc(N(C)C)c1. The summed E-state index contributed by atoms with van der Waals surface area (Å²) in [5.41, 5.74) is 1.34. The van der Waals surface area contributed by atoms with Gasteiger partial charge < -0.3 is 15.0 Å². The van der Waals surface area contributed by atoms with Gasteiger partial charge in [0, 0.05) is 25.8 Å². The number of rotatable bonds is 6. The lowest BCUT2D eigenvalue weighted by molar-refractivity contribution is -0.125. The van der Waals surface area contributed by atoms with Gasteiger partial charge in [-0.15, -0.1) is 0 Å². The Morgan fingerprint density at radius 1 is 1.24 bits per heavy atom. The van der Waals surface area contributed by atoms with Crippen LogP contribution in [0.4, 0.5) is 5.69 Å². The molecule has 116 valence electrons. The third kappa shape index (κ3) is 5.45. The highest BCUT2D eigenvalue weighted by atomic mass is 16.5. The molecule has 0 spiro atoms. The number of hydrogen-bond acceptors (Lipinski definition) is 4. The largest absolute Gasteiger partial charge is 0.452 e. The Labute approximate surface area is 126 Å². The maximum atomic E-state index is 11.9. The van der Waals surface area contributed by atoms with Crippen LogP contribution < -0.4 is 10.2 Å². The van der Waals surface area contributed by atoms with Crippen LogP contribution in [0.5, 0.6) is 0 Å². The minimum atomic E-state index is -0.494. The Kier molecular flexibility index (Phi) is 6.21. The number of esters is 1. The Morgan fingerprint density at radius 2 is 1.90 bits per heavy atom. The van der Waals surface area contributed by atoms with Gasteiger partial charge >= 0.3 is 5.97 Å². The van der Waals surface area contributed by atoms with Crippen LogP contribution in [0.3, 0.4) is 0 Å². The molecule has 0 fully saturated rings. The second kappa shape index (κ2) is 7.67. The van der Waals surface area contributed by atoms with Crippen LogP contribution in [0, 0.1) is 5.92 Å². The first-order valence-corrected chi connectivity index (χ1v) is 7.05. The molecule has 5 nitrogen and oxygen atoms in total. The van der Waals surface area contributed by atoms with Gasteiger partial charge in [-0.3, -0.25) is 4.79 Å². The maximum Gasteiger partial charge on any atom is 0.338 e. The minimum absolute atomic E-state index is 0.0493. The van der Waals surface area contributed by atoms with E-state index in [1.807, 2.05) is 45.8 Å². The Morgan fingerprint density at radius 3 is 2.48 bits per heavy atom. The first-order chi connectivity index (χ1) is 9.81. The monoisotopic (exact) mass is 292 g/mol. The summed E-state index contributed by atoms with van der Waals surface area (Å²) >= 11 is 0. The molecule has 0 aromatic heterocycles. The lowest BCUT2D eigenvalue weighted by Gasteiger charge is -2.17. The summed E-state index contributed by atoms with van der Waals surface area (Å²) in [7, 11) is 3.79. The summed E-state index contributed by atoms with van der Waals surface area (Å²) < 4.78 is 5.04. The van der Waals surface area contributed by atoms with Gasteiger partial charge in [0.2, 0.25) is 0 Å². The van der Waals surface area contributed by atoms with E-state index in [0.717, 1.165) is 5.69 Å². The van der Waals surface area contributed by atoms with Crippen molar-refractivity contribution < 1.29 is 14.3 Å². The molecule has 0 unspecified atom stereocenters. The zero-order chi connectivity index (χ0) is 16.0. The van der Waals surface area contributed by atoms with Gasteiger partial charge in [-0.1, -0.05) is 19.9 Å². The van der Waals surface area contributed by atoms with Gasteiger partial charge in [-0.25, -0.2) is 4.79 Å². The summed E-state index contributed by atoms with van der Waals surface area (Å²) in [4.78, 5) is 25.5. The van der Waals surface area contributed by atoms with Crippen molar-refractivity contribution in [2.75, 3.05) is 25.6 Å². The minimum Gasteiger partial charge on any atom is -0.452 e. The second-order valence-corrected chi connectivity index (χ2v) is 5.62. The van der Waals surface area contributed by atoms with E-state index in [4.69, 9.17) is 4.74 Å². The van der Waals surface area contributed by atoms with Crippen LogP contribution in [0.25, 0.3) is 0 Å². The molecule has 1 rings (SSSR count). The molecule has 1 aromatic rings. The average Bonchev–Trinajstić information content (AvgIpc) is 2.44. The molecular weight excluding hydrogens is 268 g/mol. The third-order valence-corrected chi connectivity index (χ3v) is 3.32. The quantitative estimate of drug-likeness (QED) is 0.816. The van der Waals surface area contributed by atoms with E-state index in [9.17, 15) is 9.59 Å². The van der Waals surface area contributed by atoms with Crippen molar-refractivity contribution in [1.82, 2.24) is 5.32 Å². The van der Waals surface area contributed by atoms with Gasteiger partial charge in [0.25, 0.3) is 5.91 Å². The van der Waals surface area contributed by atoms with Crippen LogP contribution in [0.2, 0.25) is 0 Å². The highest BCUT2D eigenvalue weighted by Gasteiger charge is 2.14. The molecule has 0 saturated heterocycles. The molecule has 0 bridgehead atoms. The maximum absolute atomic E-state index is 11.9. The summed E-state index contributed by atoms with van der Waals surface area (Å²) in [5.74, 6) is -0.444. The summed E-state index contributed by atoms with van der Waals surface area (Å²) in [6, 6.07) is 7.13. The zero-order valence-electron chi connectivity index (χ0n) is 13.3. The van der Waals surface area contributed by atoms with Crippen molar-refractivity contribution in [2.45, 2.75) is 26.8 Å². The van der Waals surface area contributed by atoms with E-state index in [1.165, 1.54) is 0 Å². The number of amides is 1. The van der Waals surface area contributed by atoms with Crippen molar-refractivity contribution in [2.24, 2.45) is 5.92 Å². The number of ether oxygens (including phenoxy) is 1. The first-order valence-electron chi connectivity index (χ1n) is 7.05. The summed E-state index contributed by atoms with van der Waals surface area (Å²) in [6.07, 6.45) is 0. The van der Waals surface area contributed by atoms with Crippen molar-refractivity contribution in [3.63, 3.8) is 0 Å². The number of carbonyl (C=O) groups is 2. The molecule has 1 atom stereocenters. The smallest absolute Gasteiger partial charge is 0.338 e. The van der Waals surface area contributed by atoms with Gasteiger partial charge in [-0.2, -0.15) is 0 Å². The zero-order valence-corrected chi connectivity index (χ0v) is 13.3. The first kappa shape index (κ1) is 17.0. The average molecular weight is 292 g/mol. The highest BCUT2D eigenvalue weighted by molar-refractivity contribution is 5.92. The number of nitrogens with one attached hydrogen (secondary N) is 1. The van der Waals surface area contributed by atoms with Crippen molar-refractivity contribution in [3.05, 3.63) is 29.8 Å². The van der Waals surface area contributed by atoms with Crippen molar-refractivity contribution >= 4 is 17.6 Å². The summed E-state index contributed by atoms with van der Waals surface area (Å²) in [6.45, 7) is 5.69. The van der Waals surface area contributed by atoms with Crippen LogP contribution in [0.1, 0.15) is 31.1 Å². The highest BCUT2D eigenvalue weighted by Crippen LogP contribution is 2.14. The molecule has 0 aliphatic rings. The number of carbonyl (C=O) groups excluding carboxylic acids is 2. The van der Waals surface area contributed by atoms with Crippen LogP contribution in [-0.2, 0) is 9.53 Å². The van der Waals surface area contributed by atoms with E-state index in [2.05, 4.69) is 5.32 Å². The molecule has 0 heterocycles. The number of hydrogen-bond donors (Lipinski definition) is 1. The Balaban J connectivity index is 2.54. The fraction of sp³-hybridized carbons (Fsp3) is 0.500. The fourth-order valence-electron chi connectivity index (χ4n) is 1.59. The lowest BCUT2D eigenvalue weighted by Crippen LogP contribution is -2.38. The molecule has 0 saturated carbocycles. The molecule has 1 aromatic carbocycles. The lowest BCUT2D eigenvalue weighted by atomic mass is 10.1. The Bertz CT molecular complexity index is 498. The number of anilines is 1. The van der Waals surface area contributed by atoms with E-state index in [-0.39, 0.29) is 18.6 Å². The molecule has 5 heteroatoms. The third-order valence-electron chi connectivity index (χ3n) is 3.32. The van der Waals surface area contributed by atoms with Crippen LogP contribution in [-0.4, -0.2) is 38.6 Å². The number of benzene rings is 1. The Hall–Kier alpha value is -2.04. The predicted octanol–water partition coefficient (Wildman–Crippen LogP) is 2.07. The topological polar surface area (TPSA) is 58.6 Å². The number of nitrogens with zero attached hydrogens (tertiary/aromatic N) is 1. The van der Waals surface area contributed by atoms with E-state index in [0.29, 0.717) is 11.5 Å². The molecular formula is C16H24N2O3. The predicted molar refractivity (Wildman–Crippen MR) is 83.5 cm³/mol. The molecule has 0 radical (unpaired) electrons. The van der Waals surface area contributed by atoms with Gasteiger partial charge in [0.1, 0.15) is 0 Å². The van der Waals surface area contributed by atoms with Gasteiger partial charge in [-0.05, 0) is 31.0 Å². The van der Waals surface area contributed by atoms with E-state index in [1.54, 1.807) is 18.2 Å². The van der Waals surface area contributed by atoms with Crippen molar-refractivity contribution in [3.8, 4) is 0 Å². The van der Waals surface area contributed by atoms with Gasteiger partial charge in [0.15, 0.2) is 6.61 Å². The normalized spacial score (nSPS) is 11.9. The van der Waals surface area contributed by atoms with Crippen LogP contribution in [0.15, 0.2) is 24.3 Å². The molecule has 1 N–H and O–H groups in total.